The fraction of sp³-hybridized carbons (Fsp3) is 0.273. The average molecular weight is 300 g/mol. The van der Waals surface area contributed by atoms with Crippen LogP contribution in [0.5, 0.6) is 0 Å². The lowest BCUT2D eigenvalue weighted by molar-refractivity contribution is -0.155. The Balaban J connectivity index is 2.32. The number of benzene rings is 1. The number of β-lactam (4-membered cyclic amide) rings is 1. The summed E-state index contributed by atoms with van der Waals surface area (Å²) in [4.78, 5) is 24.0. The molecule has 2 rings (SSSR count). The maximum atomic E-state index is 11.7. The van der Waals surface area contributed by atoms with Gasteiger partial charge in [-0.25, -0.2) is 4.79 Å². The number of aliphatic carboxylic acids is 1. The number of hydrogen-bond donors (Lipinski definition) is 1. The predicted octanol–water partition coefficient (Wildman–Crippen LogP) is 1.26. The van der Waals surface area contributed by atoms with Crippen molar-refractivity contribution in [2.45, 2.75) is 12.1 Å². The molecule has 0 aliphatic carbocycles. The highest BCUT2D eigenvalue weighted by Gasteiger charge is 2.53. The van der Waals surface area contributed by atoms with Crippen molar-refractivity contribution >= 4 is 33.5 Å². The maximum Gasteiger partial charge on any atom is 0.330 e. The number of ether oxygens (including phenoxy) is 1. The van der Waals surface area contributed by atoms with Crippen LogP contribution in [0, 0.1) is 0 Å². The van der Waals surface area contributed by atoms with E-state index in [1.54, 1.807) is 24.3 Å². The number of amides is 1. The van der Waals surface area contributed by atoms with Crippen LogP contribution in [0.4, 0.5) is 5.69 Å². The number of halogens is 1. The highest BCUT2D eigenvalue weighted by molar-refractivity contribution is 9.10. The van der Waals surface area contributed by atoms with E-state index in [0.29, 0.717) is 5.69 Å². The Bertz CT molecular complexity index is 476. The number of nitrogens with zero attached hydrogens (tertiary/aromatic N) is 1. The first-order chi connectivity index (χ1) is 8.06. The van der Waals surface area contributed by atoms with Crippen LogP contribution in [-0.2, 0) is 14.3 Å². The van der Waals surface area contributed by atoms with Gasteiger partial charge in [-0.1, -0.05) is 22.0 Å². The third kappa shape index (κ3) is 1.94. The number of carbonyl (C=O) groups excluding carboxylic acids is 1. The van der Waals surface area contributed by atoms with Crippen LogP contribution in [0.3, 0.4) is 0 Å². The van der Waals surface area contributed by atoms with Crippen molar-refractivity contribution in [3.8, 4) is 0 Å². The van der Waals surface area contributed by atoms with Crippen molar-refractivity contribution in [3.05, 3.63) is 28.7 Å². The number of carboxylic acid groups (broad SMARTS) is 1. The zero-order valence-electron chi connectivity index (χ0n) is 8.96. The minimum atomic E-state index is -1.07. The van der Waals surface area contributed by atoms with Crippen molar-refractivity contribution < 1.29 is 19.4 Å². The van der Waals surface area contributed by atoms with Crippen molar-refractivity contribution in [3.63, 3.8) is 0 Å². The zero-order chi connectivity index (χ0) is 12.6. The summed E-state index contributed by atoms with van der Waals surface area (Å²) in [7, 11) is 1.33. The molecule has 1 heterocycles. The molecule has 1 fully saturated rings. The number of rotatable bonds is 3. The molecule has 0 spiro atoms. The molecule has 17 heavy (non-hydrogen) atoms. The Morgan fingerprint density at radius 3 is 2.76 bits per heavy atom. The standard InChI is InChI=1S/C11H10BrNO4/c1-17-9-8(11(15)16)13(10(9)14)7-4-2-3-6(12)5-7/h2-5,8-9H,1H3,(H,15,16)/t8-,9+/m1/s1. The van der Waals surface area contributed by atoms with E-state index >= 15 is 0 Å². The van der Waals surface area contributed by atoms with Crippen LogP contribution in [-0.4, -0.2) is 36.2 Å². The van der Waals surface area contributed by atoms with E-state index in [1.165, 1.54) is 12.0 Å². The monoisotopic (exact) mass is 299 g/mol. The molecule has 1 aromatic carbocycles. The molecular weight excluding hydrogens is 290 g/mol. The largest absolute Gasteiger partial charge is 0.480 e. The van der Waals surface area contributed by atoms with Gasteiger partial charge in [0.25, 0.3) is 5.91 Å². The van der Waals surface area contributed by atoms with Crippen LogP contribution >= 0.6 is 15.9 Å². The average Bonchev–Trinajstić information content (AvgIpc) is 2.26. The Morgan fingerprint density at radius 1 is 1.53 bits per heavy atom. The van der Waals surface area contributed by atoms with Crippen LogP contribution in [0.25, 0.3) is 0 Å². The third-order valence-corrected chi connectivity index (χ3v) is 3.13. The molecule has 5 nitrogen and oxygen atoms in total. The van der Waals surface area contributed by atoms with Gasteiger partial charge in [-0.3, -0.25) is 9.69 Å². The quantitative estimate of drug-likeness (QED) is 0.854. The van der Waals surface area contributed by atoms with E-state index < -0.39 is 18.1 Å². The Hall–Kier alpha value is -1.40. The van der Waals surface area contributed by atoms with Crippen molar-refractivity contribution in [2.24, 2.45) is 0 Å². The molecule has 1 saturated heterocycles. The molecule has 0 unspecified atom stereocenters. The molecule has 0 radical (unpaired) electrons. The summed E-state index contributed by atoms with van der Waals surface area (Å²) in [6.07, 6.45) is -0.897. The van der Waals surface area contributed by atoms with E-state index in [9.17, 15) is 9.59 Å². The Labute approximate surface area is 106 Å². The van der Waals surface area contributed by atoms with Crippen LogP contribution in [0.1, 0.15) is 0 Å². The second-order valence-electron chi connectivity index (χ2n) is 3.63. The molecule has 1 amide bonds. The minimum Gasteiger partial charge on any atom is -0.480 e. The fourth-order valence-corrected chi connectivity index (χ4v) is 2.23. The van der Waals surface area contributed by atoms with Crippen molar-refractivity contribution in [2.75, 3.05) is 12.0 Å². The molecule has 90 valence electrons. The molecule has 6 heteroatoms. The predicted molar refractivity (Wildman–Crippen MR) is 63.8 cm³/mol. The lowest BCUT2D eigenvalue weighted by Gasteiger charge is -2.43. The normalized spacial score (nSPS) is 23.4. The Morgan fingerprint density at radius 2 is 2.24 bits per heavy atom. The second-order valence-corrected chi connectivity index (χ2v) is 4.54. The summed E-state index contributed by atoms with van der Waals surface area (Å²) in [5.74, 6) is -1.41. The molecule has 1 aromatic rings. The number of carbonyl (C=O) groups is 2. The van der Waals surface area contributed by atoms with Gasteiger partial charge in [-0.05, 0) is 18.2 Å². The minimum absolute atomic E-state index is 0.335. The zero-order valence-corrected chi connectivity index (χ0v) is 10.5. The number of anilines is 1. The summed E-state index contributed by atoms with van der Waals surface area (Å²) < 4.78 is 5.66. The van der Waals surface area contributed by atoms with Crippen LogP contribution in [0.2, 0.25) is 0 Å². The Kier molecular flexibility index (Phi) is 3.17. The van der Waals surface area contributed by atoms with E-state index in [0.717, 1.165) is 4.47 Å². The molecule has 0 aromatic heterocycles. The number of hydrogen-bond acceptors (Lipinski definition) is 3. The summed E-state index contributed by atoms with van der Waals surface area (Å²) in [6.45, 7) is 0. The molecule has 1 aliphatic rings. The molecule has 1 aliphatic heterocycles. The van der Waals surface area contributed by atoms with Gasteiger partial charge >= 0.3 is 5.97 Å². The lowest BCUT2D eigenvalue weighted by Crippen LogP contribution is -2.69. The summed E-state index contributed by atoms with van der Waals surface area (Å²) in [5, 5.41) is 9.07. The number of carboxylic acids is 1. The van der Waals surface area contributed by atoms with E-state index in [2.05, 4.69) is 15.9 Å². The lowest BCUT2D eigenvalue weighted by atomic mass is 9.97. The smallest absolute Gasteiger partial charge is 0.330 e. The first-order valence-corrected chi connectivity index (χ1v) is 5.70. The van der Waals surface area contributed by atoms with Gasteiger partial charge in [0, 0.05) is 17.3 Å². The topological polar surface area (TPSA) is 66.8 Å². The van der Waals surface area contributed by atoms with Crippen LogP contribution < -0.4 is 4.90 Å². The SMILES string of the molecule is CO[C@@H]1C(=O)N(c2cccc(Br)c2)[C@H]1C(=O)O. The first-order valence-electron chi connectivity index (χ1n) is 4.90. The summed E-state index contributed by atoms with van der Waals surface area (Å²) in [6, 6.07) is 5.97. The van der Waals surface area contributed by atoms with Crippen LogP contribution in [0.15, 0.2) is 28.7 Å². The summed E-state index contributed by atoms with van der Waals surface area (Å²) >= 11 is 3.28. The van der Waals surface area contributed by atoms with Gasteiger partial charge in [-0.2, -0.15) is 0 Å². The van der Waals surface area contributed by atoms with E-state index in [4.69, 9.17) is 9.84 Å². The van der Waals surface area contributed by atoms with E-state index in [-0.39, 0.29) is 5.91 Å². The second kappa shape index (κ2) is 4.46. The molecule has 0 saturated carbocycles. The maximum absolute atomic E-state index is 11.7. The van der Waals surface area contributed by atoms with Gasteiger partial charge < -0.3 is 9.84 Å². The molecule has 0 bridgehead atoms. The highest BCUT2D eigenvalue weighted by atomic mass is 79.9. The van der Waals surface area contributed by atoms with Gasteiger partial charge in [0.15, 0.2) is 12.1 Å². The van der Waals surface area contributed by atoms with Crippen molar-refractivity contribution in [1.82, 2.24) is 0 Å². The van der Waals surface area contributed by atoms with Crippen molar-refractivity contribution in [1.29, 1.82) is 0 Å². The van der Waals surface area contributed by atoms with E-state index in [1.807, 2.05) is 0 Å². The first kappa shape index (κ1) is 12.1. The number of methoxy groups -OCH3 is 1. The van der Waals surface area contributed by atoms with Gasteiger partial charge in [0.2, 0.25) is 0 Å². The van der Waals surface area contributed by atoms with Gasteiger partial charge in [0.05, 0.1) is 0 Å². The summed E-state index contributed by atoms with van der Waals surface area (Å²) in [5.41, 5.74) is 0.546. The molecular formula is C11H10BrNO4. The third-order valence-electron chi connectivity index (χ3n) is 2.64. The fourth-order valence-electron chi connectivity index (χ4n) is 1.85. The van der Waals surface area contributed by atoms with Gasteiger partial charge in [0.1, 0.15) is 0 Å². The molecule has 1 N–H and O–H groups in total. The van der Waals surface area contributed by atoms with Gasteiger partial charge in [-0.15, -0.1) is 0 Å². The molecule has 2 atom stereocenters. The highest BCUT2D eigenvalue weighted by Crippen LogP contribution is 2.31.